The molecule has 1 amide bonds. The molecule has 4 rings (SSSR count). The lowest BCUT2D eigenvalue weighted by Gasteiger charge is -2.32. The minimum atomic E-state index is 0.0166. The van der Waals surface area contributed by atoms with Crippen LogP contribution in [0, 0.1) is 0 Å². The number of halogens is 1. The SMILES string of the molecule is CCN1CCC(Nc2c(Cl)cnc3[nH]c(-c4ccc(NCCC(=O)NC)cc4)nc23)CC1. The summed E-state index contributed by atoms with van der Waals surface area (Å²) >= 11 is 6.51. The Balaban J connectivity index is 1.49. The highest BCUT2D eigenvalue weighted by atomic mass is 35.5. The van der Waals surface area contributed by atoms with Gasteiger partial charge in [-0.3, -0.25) is 4.79 Å². The van der Waals surface area contributed by atoms with Gasteiger partial charge in [0.05, 0.1) is 16.9 Å². The number of piperidine rings is 1. The smallest absolute Gasteiger partial charge is 0.221 e. The number of aromatic nitrogens is 3. The number of amides is 1. The average Bonchev–Trinajstić information content (AvgIpc) is 3.26. The van der Waals surface area contributed by atoms with Crippen molar-refractivity contribution in [3.05, 3.63) is 35.5 Å². The number of benzene rings is 1. The van der Waals surface area contributed by atoms with Crippen LogP contribution < -0.4 is 16.0 Å². The summed E-state index contributed by atoms with van der Waals surface area (Å²) in [6, 6.07) is 8.33. The number of anilines is 2. The number of hydrogen-bond acceptors (Lipinski definition) is 6. The molecule has 0 unspecified atom stereocenters. The molecular formula is C23H30ClN7O. The van der Waals surface area contributed by atoms with Gasteiger partial charge in [-0.2, -0.15) is 0 Å². The van der Waals surface area contributed by atoms with Crippen molar-refractivity contribution < 1.29 is 4.79 Å². The van der Waals surface area contributed by atoms with Crippen molar-refractivity contribution in [3.8, 4) is 11.4 Å². The molecule has 9 heteroatoms. The van der Waals surface area contributed by atoms with Crippen LogP contribution in [0.2, 0.25) is 5.02 Å². The van der Waals surface area contributed by atoms with E-state index in [1.807, 2.05) is 24.3 Å². The van der Waals surface area contributed by atoms with Crippen molar-refractivity contribution in [2.75, 3.05) is 43.9 Å². The van der Waals surface area contributed by atoms with E-state index < -0.39 is 0 Å². The Kier molecular flexibility index (Phi) is 7.12. The molecule has 1 aliphatic rings. The van der Waals surface area contributed by atoms with Gasteiger partial charge in [0, 0.05) is 50.4 Å². The zero-order valence-corrected chi connectivity index (χ0v) is 19.3. The van der Waals surface area contributed by atoms with E-state index >= 15 is 0 Å². The number of pyridine rings is 1. The molecule has 0 bridgehead atoms. The Hall–Kier alpha value is -2.84. The fraction of sp³-hybridized carbons (Fsp3) is 0.435. The van der Waals surface area contributed by atoms with Gasteiger partial charge < -0.3 is 25.8 Å². The van der Waals surface area contributed by atoms with Gasteiger partial charge in [-0.05, 0) is 43.7 Å². The van der Waals surface area contributed by atoms with Crippen molar-refractivity contribution >= 4 is 40.0 Å². The predicted octanol–water partition coefficient (Wildman–Crippen LogP) is 3.72. The molecule has 32 heavy (non-hydrogen) atoms. The standard InChI is InChI=1S/C23H30ClN7O/c1-3-31-12-9-17(10-13-31)28-20-18(24)14-27-23-21(20)29-22(30-23)15-4-6-16(7-5-15)26-11-8-19(32)25-2/h4-7,14,17,26H,3,8-13H2,1-2H3,(H,25,32)(H2,27,28,29,30). The normalized spacial score (nSPS) is 15.1. The molecule has 1 aliphatic heterocycles. The van der Waals surface area contributed by atoms with E-state index in [4.69, 9.17) is 16.6 Å². The zero-order chi connectivity index (χ0) is 22.5. The van der Waals surface area contributed by atoms with E-state index in [2.05, 4.69) is 37.7 Å². The number of fused-ring (bicyclic) bond motifs is 1. The highest BCUT2D eigenvalue weighted by Gasteiger charge is 2.21. The Morgan fingerprint density at radius 1 is 1.25 bits per heavy atom. The fourth-order valence-electron chi connectivity index (χ4n) is 3.99. The number of nitrogens with one attached hydrogen (secondary N) is 4. The lowest BCUT2D eigenvalue weighted by Crippen LogP contribution is -2.38. The van der Waals surface area contributed by atoms with Gasteiger partial charge in [-0.15, -0.1) is 0 Å². The number of imidazole rings is 1. The maximum absolute atomic E-state index is 11.3. The molecule has 170 valence electrons. The minimum absolute atomic E-state index is 0.0166. The van der Waals surface area contributed by atoms with Crippen LogP contribution in [-0.4, -0.2) is 65.0 Å². The molecule has 3 aromatic rings. The number of likely N-dealkylation sites (tertiary alicyclic amines) is 1. The van der Waals surface area contributed by atoms with Gasteiger partial charge in [0.1, 0.15) is 11.3 Å². The largest absolute Gasteiger partial charge is 0.385 e. The van der Waals surface area contributed by atoms with Crippen molar-refractivity contribution in [2.45, 2.75) is 32.2 Å². The fourth-order valence-corrected chi connectivity index (χ4v) is 4.19. The van der Waals surface area contributed by atoms with Crippen LogP contribution >= 0.6 is 11.6 Å². The molecule has 1 fully saturated rings. The van der Waals surface area contributed by atoms with Crippen molar-refractivity contribution in [2.24, 2.45) is 0 Å². The summed E-state index contributed by atoms with van der Waals surface area (Å²) in [5, 5.41) is 10.1. The summed E-state index contributed by atoms with van der Waals surface area (Å²) in [7, 11) is 1.64. The molecule has 0 atom stereocenters. The average molecular weight is 456 g/mol. The first-order valence-electron chi connectivity index (χ1n) is 11.2. The summed E-state index contributed by atoms with van der Waals surface area (Å²) < 4.78 is 0. The Morgan fingerprint density at radius 3 is 2.69 bits per heavy atom. The maximum atomic E-state index is 11.3. The van der Waals surface area contributed by atoms with Gasteiger partial charge in [0.25, 0.3) is 0 Å². The van der Waals surface area contributed by atoms with Crippen LogP contribution in [0.25, 0.3) is 22.6 Å². The molecule has 8 nitrogen and oxygen atoms in total. The number of carbonyl (C=O) groups excluding carboxylic acids is 1. The molecule has 0 radical (unpaired) electrons. The summed E-state index contributed by atoms with van der Waals surface area (Å²) in [4.78, 5) is 26.4. The number of hydrogen-bond donors (Lipinski definition) is 4. The third-order valence-electron chi connectivity index (χ3n) is 5.97. The molecule has 3 heterocycles. The van der Waals surface area contributed by atoms with E-state index in [-0.39, 0.29) is 5.91 Å². The molecular weight excluding hydrogens is 426 g/mol. The van der Waals surface area contributed by atoms with Crippen LogP contribution in [0.15, 0.2) is 30.5 Å². The number of aromatic amines is 1. The number of H-pyrrole nitrogens is 1. The molecule has 1 saturated heterocycles. The monoisotopic (exact) mass is 455 g/mol. The van der Waals surface area contributed by atoms with Gasteiger partial charge in [0.2, 0.25) is 5.91 Å². The summed E-state index contributed by atoms with van der Waals surface area (Å²) in [6.07, 6.45) is 4.27. The van der Waals surface area contributed by atoms with Gasteiger partial charge in [-0.1, -0.05) is 18.5 Å². The van der Waals surface area contributed by atoms with Gasteiger partial charge >= 0.3 is 0 Å². The first-order valence-corrected chi connectivity index (χ1v) is 11.5. The first kappa shape index (κ1) is 22.4. The van der Waals surface area contributed by atoms with Crippen LogP contribution in [0.5, 0.6) is 0 Å². The summed E-state index contributed by atoms with van der Waals surface area (Å²) in [5.41, 5.74) is 4.24. The highest BCUT2D eigenvalue weighted by Crippen LogP contribution is 2.32. The van der Waals surface area contributed by atoms with Crippen molar-refractivity contribution in [1.82, 2.24) is 25.2 Å². The Labute approximate surface area is 193 Å². The van der Waals surface area contributed by atoms with Crippen LogP contribution in [0.3, 0.4) is 0 Å². The second-order valence-corrected chi connectivity index (χ2v) is 8.45. The Bertz CT molecular complexity index is 1060. The molecule has 2 aromatic heterocycles. The molecule has 0 saturated carbocycles. The van der Waals surface area contributed by atoms with Gasteiger partial charge in [0.15, 0.2) is 5.65 Å². The topological polar surface area (TPSA) is 98.0 Å². The van der Waals surface area contributed by atoms with E-state index in [0.717, 1.165) is 60.8 Å². The molecule has 0 aliphatic carbocycles. The minimum Gasteiger partial charge on any atom is -0.385 e. The third-order valence-corrected chi connectivity index (χ3v) is 6.26. The second-order valence-electron chi connectivity index (χ2n) is 8.04. The second kappa shape index (κ2) is 10.2. The number of carbonyl (C=O) groups is 1. The number of rotatable bonds is 8. The maximum Gasteiger partial charge on any atom is 0.221 e. The molecule has 1 aromatic carbocycles. The first-order chi connectivity index (χ1) is 15.6. The lowest BCUT2D eigenvalue weighted by atomic mass is 10.0. The predicted molar refractivity (Wildman–Crippen MR) is 130 cm³/mol. The van der Waals surface area contributed by atoms with E-state index in [0.29, 0.717) is 29.7 Å². The van der Waals surface area contributed by atoms with E-state index in [9.17, 15) is 4.79 Å². The Morgan fingerprint density at radius 2 is 2.00 bits per heavy atom. The van der Waals surface area contributed by atoms with E-state index in [1.54, 1.807) is 13.2 Å². The third kappa shape index (κ3) is 5.14. The molecule has 4 N–H and O–H groups in total. The van der Waals surface area contributed by atoms with Crippen molar-refractivity contribution in [3.63, 3.8) is 0 Å². The van der Waals surface area contributed by atoms with Crippen LogP contribution in [0.1, 0.15) is 26.2 Å². The number of nitrogens with zero attached hydrogens (tertiary/aromatic N) is 3. The summed E-state index contributed by atoms with van der Waals surface area (Å²) in [5.74, 6) is 0.762. The zero-order valence-electron chi connectivity index (χ0n) is 18.5. The van der Waals surface area contributed by atoms with Gasteiger partial charge in [-0.25, -0.2) is 9.97 Å². The summed E-state index contributed by atoms with van der Waals surface area (Å²) in [6.45, 7) is 6.07. The highest BCUT2D eigenvalue weighted by molar-refractivity contribution is 6.34. The van der Waals surface area contributed by atoms with Crippen LogP contribution in [0.4, 0.5) is 11.4 Å². The lowest BCUT2D eigenvalue weighted by molar-refractivity contribution is -0.120. The van der Waals surface area contributed by atoms with Crippen LogP contribution in [-0.2, 0) is 4.79 Å². The van der Waals surface area contributed by atoms with Crippen molar-refractivity contribution in [1.29, 1.82) is 0 Å². The quantitative estimate of drug-likeness (QED) is 0.413. The van der Waals surface area contributed by atoms with E-state index in [1.165, 1.54) is 0 Å². The molecule has 0 spiro atoms.